The number of carbonyl (C=O) groups excluding carboxylic acids is 2. The molecule has 0 atom stereocenters. The van der Waals surface area contributed by atoms with Gasteiger partial charge in [0.1, 0.15) is 18.0 Å². The minimum Gasteiger partial charge on any atom is -0.497 e. The highest BCUT2D eigenvalue weighted by Gasteiger charge is 2.24. The third-order valence-electron chi connectivity index (χ3n) is 5.31. The van der Waals surface area contributed by atoms with Gasteiger partial charge in [0.05, 0.1) is 26.3 Å². The average Bonchev–Trinajstić information content (AvgIpc) is 3.27. The van der Waals surface area contributed by atoms with Crippen LogP contribution in [0.25, 0.3) is 0 Å². The van der Waals surface area contributed by atoms with Crippen LogP contribution in [0.4, 0.5) is 0 Å². The monoisotopic (exact) mass is 478 g/mol. The van der Waals surface area contributed by atoms with Gasteiger partial charge in [-0.05, 0) is 36.8 Å². The Bertz CT molecular complexity index is 1130. The van der Waals surface area contributed by atoms with Crippen molar-refractivity contribution in [3.63, 3.8) is 0 Å². The first kappa shape index (κ1) is 25.1. The normalized spacial score (nSPS) is 10.4. The van der Waals surface area contributed by atoms with E-state index in [-0.39, 0.29) is 24.9 Å². The number of rotatable bonds is 11. The Balaban J connectivity index is 1.84. The molecule has 7 heteroatoms. The Morgan fingerprint density at radius 2 is 1.74 bits per heavy atom. The average molecular weight is 479 g/mol. The molecule has 3 rings (SSSR count). The lowest BCUT2D eigenvalue weighted by Crippen LogP contribution is -2.42. The predicted octanol–water partition coefficient (Wildman–Crippen LogP) is 4.93. The fraction of sp³-hybridized carbons (Fsp3) is 0.259. The molecule has 0 aliphatic heterocycles. The van der Waals surface area contributed by atoms with Gasteiger partial charge in [-0.2, -0.15) is 0 Å². The van der Waals surface area contributed by atoms with Crippen molar-refractivity contribution in [2.24, 2.45) is 0 Å². The molecular formula is C27H30N2O4S. The number of nitrogens with zero attached hydrogens (tertiary/aromatic N) is 2. The lowest BCUT2D eigenvalue weighted by molar-refractivity contribution is -0.133. The maximum absolute atomic E-state index is 13.5. The van der Waals surface area contributed by atoms with Gasteiger partial charge in [0.2, 0.25) is 5.91 Å². The SMILES string of the molecule is C=CCN(CC(=O)N(Cc1ccccc1)Cc1ccc(C)s1)C(=O)c1ccc(OC)cc1OC. The fourth-order valence-corrected chi connectivity index (χ4v) is 4.48. The van der Waals surface area contributed by atoms with Crippen LogP contribution in [0.5, 0.6) is 11.5 Å². The van der Waals surface area contributed by atoms with Crippen LogP contribution in [-0.4, -0.2) is 48.9 Å². The topological polar surface area (TPSA) is 59.1 Å². The number of benzene rings is 2. The van der Waals surface area contributed by atoms with E-state index in [0.29, 0.717) is 30.2 Å². The molecule has 0 fully saturated rings. The van der Waals surface area contributed by atoms with E-state index >= 15 is 0 Å². The summed E-state index contributed by atoms with van der Waals surface area (Å²) < 4.78 is 10.6. The number of hydrogen-bond acceptors (Lipinski definition) is 5. The van der Waals surface area contributed by atoms with Crippen molar-refractivity contribution in [2.45, 2.75) is 20.0 Å². The van der Waals surface area contributed by atoms with Gasteiger partial charge in [0.15, 0.2) is 0 Å². The first-order chi connectivity index (χ1) is 16.4. The molecule has 6 nitrogen and oxygen atoms in total. The van der Waals surface area contributed by atoms with Crippen molar-refractivity contribution in [3.05, 3.63) is 94.2 Å². The second kappa shape index (κ2) is 12.0. The summed E-state index contributed by atoms with van der Waals surface area (Å²) in [5.74, 6) is 0.526. The van der Waals surface area contributed by atoms with E-state index in [4.69, 9.17) is 9.47 Å². The molecule has 1 aromatic heterocycles. The number of thiophene rings is 1. The molecule has 0 bridgehead atoms. The maximum Gasteiger partial charge on any atom is 0.258 e. The minimum atomic E-state index is -0.306. The van der Waals surface area contributed by atoms with E-state index in [1.807, 2.05) is 43.3 Å². The first-order valence-electron chi connectivity index (χ1n) is 10.9. The standard InChI is InChI=1S/C27H30N2O4S/c1-5-15-28(27(31)24-14-12-22(32-3)16-25(24)33-4)19-26(30)29(17-21-9-7-6-8-10-21)18-23-13-11-20(2)34-23/h5-14,16H,1,15,17-19H2,2-4H3. The van der Waals surface area contributed by atoms with Crippen LogP contribution in [0, 0.1) is 6.92 Å². The summed E-state index contributed by atoms with van der Waals surface area (Å²) in [5, 5.41) is 0. The molecule has 1 heterocycles. The zero-order chi connectivity index (χ0) is 24.5. The molecule has 0 N–H and O–H groups in total. The third kappa shape index (κ3) is 6.48. The van der Waals surface area contributed by atoms with Crippen molar-refractivity contribution in [1.82, 2.24) is 9.80 Å². The molecule has 0 saturated heterocycles. The van der Waals surface area contributed by atoms with Crippen molar-refractivity contribution in [1.29, 1.82) is 0 Å². The van der Waals surface area contributed by atoms with Crippen LogP contribution >= 0.6 is 11.3 Å². The van der Waals surface area contributed by atoms with Crippen molar-refractivity contribution in [3.8, 4) is 11.5 Å². The van der Waals surface area contributed by atoms with Gasteiger partial charge in [-0.3, -0.25) is 9.59 Å². The highest BCUT2D eigenvalue weighted by molar-refractivity contribution is 7.11. The van der Waals surface area contributed by atoms with Gasteiger partial charge in [-0.1, -0.05) is 36.4 Å². The molecule has 0 saturated carbocycles. The quantitative estimate of drug-likeness (QED) is 0.367. The Kier molecular flexibility index (Phi) is 8.87. The van der Waals surface area contributed by atoms with Gasteiger partial charge in [0, 0.05) is 28.9 Å². The second-order valence-corrected chi connectivity index (χ2v) is 9.16. The van der Waals surface area contributed by atoms with Crippen LogP contribution in [-0.2, 0) is 17.9 Å². The van der Waals surface area contributed by atoms with Crippen molar-refractivity contribution < 1.29 is 19.1 Å². The van der Waals surface area contributed by atoms with E-state index in [2.05, 4.69) is 12.6 Å². The number of amides is 2. The summed E-state index contributed by atoms with van der Waals surface area (Å²) >= 11 is 1.67. The molecule has 0 spiro atoms. The number of methoxy groups -OCH3 is 2. The Labute approximate surface area is 205 Å². The summed E-state index contributed by atoms with van der Waals surface area (Å²) in [6.45, 7) is 6.91. The predicted molar refractivity (Wildman–Crippen MR) is 135 cm³/mol. The van der Waals surface area contributed by atoms with Crippen molar-refractivity contribution in [2.75, 3.05) is 27.3 Å². The van der Waals surface area contributed by atoms with Crippen LogP contribution in [0.2, 0.25) is 0 Å². The Morgan fingerprint density at radius 3 is 2.35 bits per heavy atom. The molecule has 2 amide bonds. The lowest BCUT2D eigenvalue weighted by Gasteiger charge is -2.27. The molecule has 2 aromatic carbocycles. The van der Waals surface area contributed by atoms with Gasteiger partial charge >= 0.3 is 0 Å². The lowest BCUT2D eigenvalue weighted by atomic mass is 10.1. The van der Waals surface area contributed by atoms with Gasteiger partial charge in [-0.15, -0.1) is 17.9 Å². The molecule has 178 valence electrons. The molecule has 34 heavy (non-hydrogen) atoms. The van der Waals surface area contributed by atoms with Gasteiger partial charge < -0.3 is 19.3 Å². The first-order valence-corrected chi connectivity index (χ1v) is 11.8. The van der Waals surface area contributed by atoms with E-state index in [9.17, 15) is 9.59 Å². The zero-order valence-corrected chi connectivity index (χ0v) is 20.6. The number of carbonyl (C=O) groups is 2. The number of hydrogen-bond donors (Lipinski definition) is 0. The molecule has 0 aliphatic rings. The second-order valence-electron chi connectivity index (χ2n) is 7.79. The Hall–Kier alpha value is -3.58. The Morgan fingerprint density at radius 1 is 0.971 bits per heavy atom. The van der Waals surface area contributed by atoms with Crippen LogP contribution in [0.15, 0.2) is 73.3 Å². The van der Waals surface area contributed by atoms with Gasteiger partial charge in [0.25, 0.3) is 5.91 Å². The number of aryl methyl sites for hydroxylation is 1. The van der Waals surface area contributed by atoms with E-state index in [1.54, 1.807) is 47.6 Å². The largest absolute Gasteiger partial charge is 0.497 e. The maximum atomic E-state index is 13.5. The summed E-state index contributed by atoms with van der Waals surface area (Å²) in [5.41, 5.74) is 1.39. The molecule has 0 radical (unpaired) electrons. The fourth-order valence-electron chi connectivity index (χ4n) is 3.58. The highest BCUT2D eigenvalue weighted by Crippen LogP contribution is 2.26. The zero-order valence-electron chi connectivity index (χ0n) is 19.8. The van der Waals surface area contributed by atoms with E-state index < -0.39 is 0 Å². The number of ether oxygens (including phenoxy) is 2. The summed E-state index contributed by atoms with van der Waals surface area (Å²) in [7, 11) is 3.05. The summed E-state index contributed by atoms with van der Waals surface area (Å²) in [6.07, 6.45) is 1.62. The van der Waals surface area contributed by atoms with E-state index in [1.165, 1.54) is 16.9 Å². The molecule has 0 unspecified atom stereocenters. The minimum absolute atomic E-state index is 0.0722. The molecular weight excluding hydrogens is 448 g/mol. The molecule has 0 aliphatic carbocycles. The van der Waals surface area contributed by atoms with Gasteiger partial charge in [-0.25, -0.2) is 0 Å². The molecule has 3 aromatic rings. The van der Waals surface area contributed by atoms with E-state index in [0.717, 1.165) is 10.4 Å². The summed E-state index contributed by atoms with van der Waals surface area (Å²) in [4.78, 5) is 32.4. The van der Waals surface area contributed by atoms with Crippen LogP contribution in [0.1, 0.15) is 25.7 Å². The summed E-state index contributed by atoms with van der Waals surface area (Å²) in [6, 6.07) is 18.9. The highest BCUT2D eigenvalue weighted by atomic mass is 32.1. The van der Waals surface area contributed by atoms with Crippen LogP contribution in [0.3, 0.4) is 0 Å². The van der Waals surface area contributed by atoms with Crippen molar-refractivity contribution >= 4 is 23.2 Å². The third-order valence-corrected chi connectivity index (χ3v) is 6.30. The smallest absolute Gasteiger partial charge is 0.258 e. The van der Waals surface area contributed by atoms with Crippen LogP contribution < -0.4 is 9.47 Å².